The van der Waals surface area contributed by atoms with Crippen molar-refractivity contribution in [1.82, 2.24) is 10.2 Å². The zero-order valence-electron chi connectivity index (χ0n) is 15.2. The van der Waals surface area contributed by atoms with E-state index in [2.05, 4.69) is 5.32 Å². The third-order valence-electron chi connectivity index (χ3n) is 4.66. The summed E-state index contributed by atoms with van der Waals surface area (Å²) >= 11 is 5.77. The lowest BCUT2D eigenvalue weighted by molar-refractivity contribution is -0.183. The summed E-state index contributed by atoms with van der Waals surface area (Å²) < 4.78 is 18.3. The Morgan fingerprint density at radius 1 is 1.36 bits per heavy atom. The number of rotatable bonds is 5. The number of aliphatic hydroxyl groups is 1. The van der Waals surface area contributed by atoms with Gasteiger partial charge in [0.1, 0.15) is 5.82 Å². The van der Waals surface area contributed by atoms with Crippen LogP contribution in [0, 0.1) is 5.82 Å². The molecule has 2 N–H and O–H groups in total. The highest BCUT2D eigenvalue weighted by atomic mass is 35.5. The maximum Gasteiger partial charge on any atom is 0.410 e. The van der Waals surface area contributed by atoms with Crippen molar-refractivity contribution >= 4 is 23.6 Å². The van der Waals surface area contributed by atoms with Crippen molar-refractivity contribution in [3.8, 4) is 0 Å². The van der Waals surface area contributed by atoms with Gasteiger partial charge in [-0.1, -0.05) is 41.9 Å². The van der Waals surface area contributed by atoms with Crippen LogP contribution < -0.4 is 5.32 Å². The Morgan fingerprint density at radius 2 is 2.07 bits per heavy atom. The van der Waals surface area contributed by atoms with Gasteiger partial charge in [-0.2, -0.15) is 0 Å². The topological polar surface area (TPSA) is 78.9 Å². The molecule has 6 nitrogen and oxygen atoms in total. The van der Waals surface area contributed by atoms with E-state index >= 15 is 0 Å². The predicted molar refractivity (Wildman–Crippen MR) is 101 cm³/mol. The number of likely N-dealkylation sites (tertiary alicyclic amines) is 1. The van der Waals surface area contributed by atoms with Gasteiger partial charge in [-0.25, -0.2) is 9.18 Å². The molecule has 2 amide bonds. The Kier molecular flexibility index (Phi) is 5.86. The highest BCUT2D eigenvalue weighted by Gasteiger charge is 2.50. The first-order chi connectivity index (χ1) is 13.3. The number of alkyl carbamates (subject to hydrolysis) is 1. The zero-order chi connectivity index (χ0) is 20.3. The molecule has 148 valence electrons. The zero-order valence-corrected chi connectivity index (χ0v) is 15.9. The van der Waals surface area contributed by atoms with E-state index in [1.54, 1.807) is 0 Å². The van der Waals surface area contributed by atoms with Crippen molar-refractivity contribution in [2.45, 2.75) is 31.7 Å². The number of amides is 2. The number of carbonyl (C=O) groups is 2. The summed E-state index contributed by atoms with van der Waals surface area (Å²) in [7, 11) is 0. The maximum absolute atomic E-state index is 13.3. The fourth-order valence-corrected chi connectivity index (χ4v) is 3.40. The summed E-state index contributed by atoms with van der Waals surface area (Å²) in [4.78, 5) is 26.2. The normalized spacial score (nSPS) is 20.1. The average Bonchev–Trinajstić information content (AvgIpc) is 2.94. The molecular weight excluding hydrogens is 387 g/mol. The molecule has 1 fully saturated rings. The number of benzene rings is 2. The quantitative estimate of drug-likeness (QED) is 0.746. The minimum absolute atomic E-state index is 0.0395. The van der Waals surface area contributed by atoms with Gasteiger partial charge in [0.05, 0.1) is 6.04 Å². The molecule has 0 bridgehead atoms. The molecule has 2 atom stereocenters. The van der Waals surface area contributed by atoms with Gasteiger partial charge >= 0.3 is 6.09 Å². The fraction of sp³-hybridized carbons (Fsp3) is 0.300. The third-order valence-corrected chi connectivity index (χ3v) is 4.88. The second-order valence-electron chi connectivity index (χ2n) is 6.64. The Hall–Kier alpha value is -2.64. The van der Waals surface area contributed by atoms with E-state index in [-0.39, 0.29) is 30.6 Å². The Labute approximate surface area is 166 Å². The molecule has 0 aliphatic carbocycles. The number of carbonyl (C=O) groups excluding carboxylic acids is 2. The highest BCUT2D eigenvalue weighted by molar-refractivity contribution is 6.30. The standard InChI is InChI=1S/C20H20ClFN2O4/c1-13(15-5-3-2-4-6-15)24-8-7-20(27,18(24)25)28-19(26)23-12-14-9-16(21)11-17(22)10-14/h2-6,9-11,13,27H,7-8,12H2,1H3,(H,23,26). The Balaban J connectivity index is 1.60. The molecule has 0 spiro atoms. The first-order valence-corrected chi connectivity index (χ1v) is 9.16. The van der Waals surface area contributed by atoms with E-state index in [0.717, 1.165) is 11.6 Å². The maximum atomic E-state index is 13.3. The van der Waals surface area contributed by atoms with Crippen molar-refractivity contribution in [2.24, 2.45) is 0 Å². The van der Waals surface area contributed by atoms with Crippen LogP contribution >= 0.6 is 11.6 Å². The molecule has 1 saturated heterocycles. The molecule has 1 heterocycles. The molecule has 1 aliphatic heterocycles. The lowest BCUT2D eigenvalue weighted by atomic mass is 10.1. The van der Waals surface area contributed by atoms with Crippen molar-refractivity contribution in [3.05, 3.63) is 70.5 Å². The first-order valence-electron chi connectivity index (χ1n) is 8.79. The molecule has 1 aliphatic rings. The number of ether oxygens (including phenoxy) is 1. The monoisotopic (exact) mass is 406 g/mol. The predicted octanol–water partition coefficient (Wildman–Crippen LogP) is 3.39. The first kappa shape index (κ1) is 20.1. The van der Waals surface area contributed by atoms with Gasteiger partial charge in [-0.3, -0.25) is 4.79 Å². The van der Waals surface area contributed by atoms with Gasteiger partial charge in [0.15, 0.2) is 0 Å². The summed E-state index contributed by atoms with van der Waals surface area (Å²) in [5, 5.41) is 13.1. The molecule has 2 aromatic rings. The van der Waals surface area contributed by atoms with Gasteiger partial charge in [0, 0.05) is 24.5 Å². The second kappa shape index (κ2) is 8.16. The Morgan fingerprint density at radius 3 is 2.75 bits per heavy atom. The average molecular weight is 407 g/mol. The van der Waals surface area contributed by atoms with Crippen molar-refractivity contribution in [3.63, 3.8) is 0 Å². The minimum atomic E-state index is -2.23. The van der Waals surface area contributed by atoms with Crippen LogP contribution in [0.4, 0.5) is 9.18 Å². The second-order valence-corrected chi connectivity index (χ2v) is 7.08. The van der Waals surface area contributed by atoms with E-state index in [4.69, 9.17) is 16.3 Å². The SMILES string of the molecule is CC(c1ccccc1)N1CCC(O)(OC(=O)NCc2cc(F)cc(Cl)c2)C1=O. The molecular formula is C20H20ClFN2O4. The smallest absolute Gasteiger partial charge is 0.407 e. The summed E-state index contributed by atoms with van der Waals surface area (Å²) in [6.45, 7) is 2.02. The van der Waals surface area contributed by atoms with Crippen LogP contribution in [-0.2, 0) is 16.1 Å². The van der Waals surface area contributed by atoms with Crippen molar-refractivity contribution in [1.29, 1.82) is 0 Å². The van der Waals surface area contributed by atoms with Crippen LogP contribution in [0.25, 0.3) is 0 Å². The van der Waals surface area contributed by atoms with Crippen molar-refractivity contribution < 1.29 is 23.8 Å². The lowest BCUT2D eigenvalue weighted by Crippen LogP contribution is -2.46. The number of halogens is 2. The van der Waals surface area contributed by atoms with E-state index in [1.165, 1.54) is 17.0 Å². The van der Waals surface area contributed by atoms with Crippen LogP contribution in [-0.4, -0.2) is 34.3 Å². The van der Waals surface area contributed by atoms with Gasteiger partial charge in [0.2, 0.25) is 0 Å². The van der Waals surface area contributed by atoms with Gasteiger partial charge in [0.25, 0.3) is 11.7 Å². The van der Waals surface area contributed by atoms with Crippen molar-refractivity contribution in [2.75, 3.05) is 6.54 Å². The minimum Gasteiger partial charge on any atom is -0.407 e. The third kappa shape index (κ3) is 4.43. The molecule has 28 heavy (non-hydrogen) atoms. The van der Waals surface area contributed by atoms with Crippen LogP contribution in [0.3, 0.4) is 0 Å². The van der Waals surface area contributed by atoms with E-state index < -0.39 is 23.6 Å². The lowest BCUT2D eigenvalue weighted by Gasteiger charge is -2.27. The highest BCUT2D eigenvalue weighted by Crippen LogP contribution is 2.31. The van der Waals surface area contributed by atoms with E-state index in [0.29, 0.717) is 5.56 Å². The fourth-order valence-electron chi connectivity index (χ4n) is 3.16. The molecule has 3 rings (SSSR count). The summed E-state index contributed by atoms with van der Waals surface area (Å²) in [6.07, 6.45) is -1.02. The van der Waals surface area contributed by atoms with Gasteiger partial charge < -0.3 is 20.1 Å². The molecule has 0 saturated carbocycles. The van der Waals surface area contributed by atoms with Crippen LogP contribution in [0.5, 0.6) is 0 Å². The van der Waals surface area contributed by atoms with Gasteiger partial charge in [-0.15, -0.1) is 0 Å². The van der Waals surface area contributed by atoms with Gasteiger partial charge in [-0.05, 0) is 36.2 Å². The summed E-state index contributed by atoms with van der Waals surface area (Å²) in [6, 6.07) is 12.9. The largest absolute Gasteiger partial charge is 0.410 e. The van der Waals surface area contributed by atoms with Crippen LogP contribution in [0.1, 0.15) is 30.5 Å². The number of hydrogen-bond acceptors (Lipinski definition) is 4. The summed E-state index contributed by atoms with van der Waals surface area (Å²) in [5.41, 5.74) is 1.33. The molecule has 2 unspecified atom stereocenters. The molecule has 0 aromatic heterocycles. The molecule has 8 heteroatoms. The number of nitrogens with zero attached hydrogens (tertiary/aromatic N) is 1. The Bertz CT molecular complexity index is 860. The van der Waals surface area contributed by atoms with E-state index in [1.807, 2.05) is 37.3 Å². The number of nitrogens with one attached hydrogen (secondary N) is 1. The van der Waals surface area contributed by atoms with E-state index in [9.17, 15) is 19.1 Å². The van der Waals surface area contributed by atoms with Crippen LogP contribution in [0.2, 0.25) is 5.02 Å². The molecule has 0 radical (unpaired) electrons. The van der Waals surface area contributed by atoms with Crippen LogP contribution in [0.15, 0.2) is 48.5 Å². The molecule has 2 aromatic carbocycles. The summed E-state index contributed by atoms with van der Waals surface area (Å²) in [5.74, 6) is -3.44. The number of hydrogen-bond donors (Lipinski definition) is 2.